The van der Waals surface area contributed by atoms with E-state index < -0.39 is 20.0 Å². The molecule has 1 rings (SSSR count). The molecule has 0 saturated heterocycles. The SMILES string of the molecule is O=C(CCSS(=O)(=O)O)Nc1ccc([N+](=O)[O-])cc1. The number of carbonyl (C=O) groups is 1. The van der Waals surface area contributed by atoms with E-state index in [0.717, 1.165) is 0 Å². The quantitative estimate of drug-likeness (QED) is 0.352. The fourth-order valence-electron chi connectivity index (χ4n) is 1.13. The van der Waals surface area contributed by atoms with Gasteiger partial charge >= 0.3 is 9.15 Å². The number of nitro benzene ring substituents is 1. The van der Waals surface area contributed by atoms with Crippen molar-refractivity contribution in [1.82, 2.24) is 0 Å². The summed E-state index contributed by atoms with van der Waals surface area (Å²) in [5, 5.41) is 12.8. The molecular formula is C9H10N2O6S2. The lowest BCUT2D eigenvalue weighted by Crippen LogP contribution is -2.12. The molecule has 0 aliphatic heterocycles. The van der Waals surface area contributed by atoms with Gasteiger partial charge in [0.1, 0.15) is 0 Å². The summed E-state index contributed by atoms with van der Waals surface area (Å²) in [6.45, 7) is 0. The molecule has 0 radical (unpaired) electrons. The summed E-state index contributed by atoms with van der Waals surface area (Å²) in [5.74, 6) is -0.539. The lowest BCUT2D eigenvalue weighted by Gasteiger charge is -2.04. The van der Waals surface area contributed by atoms with E-state index in [4.69, 9.17) is 4.55 Å². The first-order chi connectivity index (χ1) is 8.78. The van der Waals surface area contributed by atoms with Gasteiger partial charge in [-0.05, 0) is 22.9 Å². The maximum absolute atomic E-state index is 11.4. The van der Waals surface area contributed by atoms with Crippen molar-refractivity contribution in [2.45, 2.75) is 6.42 Å². The number of amides is 1. The molecule has 0 fully saturated rings. The molecule has 2 N–H and O–H groups in total. The molecule has 0 saturated carbocycles. The molecule has 8 nitrogen and oxygen atoms in total. The van der Waals surface area contributed by atoms with Gasteiger partial charge in [0.15, 0.2) is 0 Å². The Hall–Kier alpha value is -1.65. The fourth-order valence-corrected chi connectivity index (χ4v) is 2.49. The summed E-state index contributed by atoms with van der Waals surface area (Å²) < 4.78 is 29.2. The minimum atomic E-state index is -4.15. The Kier molecular flexibility index (Phi) is 5.27. The highest BCUT2D eigenvalue weighted by Gasteiger charge is 2.09. The first-order valence-corrected chi connectivity index (χ1v) is 7.88. The van der Waals surface area contributed by atoms with Crippen LogP contribution >= 0.6 is 10.8 Å². The third-order valence-electron chi connectivity index (χ3n) is 1.92. The van der Waals surface area contributed by atoms with Crippen LogP contribution in [0.2, 0.25) is 0 Å². The Labute approximate surface area is 112 Å². The number of hydrogen-bond acceptors (Lipinski definition) is 6. The van der Waals surface area contributed by atoms with Crippen molar-refractivity contribution < 1.29 is 22.7 Å². The molecule has 104 valence electrons. The van der Waals surface area contributed by atoms with Crippen LogP contribution in [0.25, 0.3) is 0 Å². The second-order valence-electron chi connectivity index (χ2n) is 3.35. The van der Waals surface area contributed by atoms with Crippen LogP contribution in [0, 0.1) is 10.1 Å². The topological polar surface area (TPSA) is 127 Å². The average Bonchev–Trinajstić information content (AvgIpc) is 2.27. The minimum absolute atomic E-state index is 0.0857. The van der Waals surface area contributed by atoms with Crippen molar-refractivity contribution in [3.63, 3.8) is 0 Å². The smallest absolute Gasteiger partial charge is 0.319 e. The molecule has 0 unspecified atom stereocenters. The Morgan fingerprint density at radius 3 is 2.42 bits per heavy atom. The molecule has 19 heavy (non-hydrogen) atoms. The van der Waals surface area contributed by atoms with Gasteiger partial charge in [-0.1, -0.05) is 0 Å². The molecule has 1 amide bonds. The number of carbonyl (C=O) groups excluding carboxylic acids is 1. The summed E-state index contributed by atoms with van der Waals surface area (Å²) in [7, 11) is -3.89. The Balaban J connectivity index is 2.46. The third-order valence-corrected chi connectivity index (χ3v) is 3.99. The standard InChI is InChI=1S/C9H10N2O6S2/c12-9(5-6-18-19(15,16)17)10-7-1-3-8(4-2-7)11(13)14/h1-4H,5-6H2,(H,10,12)(H,15,16,17). The molecule has 0 spiro atoms. The minimum Gasteiger partial charge on any atom is -0.326 e. The van der Waals surface area contributed by atoms with Crippen molar-refractivity contribution in [3.8, 4) is 0 Å². The van der Waals surface area contributed by atoms with Crippen LogP contribution < -0.4 is 5.32 Å². The monoisotopic (exact) mass is 306 g/mol. The zero-order valence-corrected chi connectivity index (χ0v) is 11.1. The molecular weight excluding hydrogens is 296 g/mol. The van der Waals surface area contributed by atoms with E-state index in [9.17, 15) is 23.3 Å². The van der Waals surface area contributed by atoms with Gasteiger partial charge in [-0.25, -0.2) is 0 Å². The van der Waals surface area contributed by atoms with Crippen molar-refractivity contribution in [3.05, 3.63) is 34.4 Å². The van der Waals surface area contributed by atoms with E-state index in [0.29, 0.717) is 5.69 Å². The molecule has 0 aromatic heterocycles. The molecule has 0 heterocycles. The number of hydrogen-bond donors (Lipinski definition) is 2. The number of anilines is 1. The summed E-state index contributed by atoms with van der Waals surface area (Å²) in [6.07, 6.45) is -0.110. The van der Waals surface area contributed by atoms with Crippen LogP contribution in [0.4, 0.5) is 11.4 Å². The zero-order valence-electron chi connectivity index (χ0n) is 9.48. The number of rotatable bonds is 6. The lowest BCUT2D eigenvalue weighted by molar-refractivity contribution is -0.384. The van der Waals surface area contributed by atoms with E-state index in [2.05, 4.69) is 5.32 Å². The average molecular weight is 306 g/mol. The third kappa shape index (κ3) is 6.18. The first-order valence-electron chi connectivity index (χ1n) is 4.94. The molecule has 10 heteroatoms. The highest BCUT2D eigenvalue weighted by Crippen LogP contribution is 2.16. The largest absolute Gasteiger partial charge is 0.326 e. The van der Waals surface area contributed by atoms with Gasteiger partial charge in [-0.3, -0.25) is 19.5 Å². The van der Waals surface area contributed by atoms with E-state index >= 15 is 0 Å². The maximum Gasteiger partial charge on any atom is 0.319 e. The van der Waals surface area contributed by atoms with E-state index in [-0.39, 0.29) is 28.7 Å². The first kappa shape index (κ1) is 15.4. The number of nitro groups is 1. The molecule has 0 bridgehead atoms. The Bertz CT molecular complexity index is 569. The van der Waals surface area contributed by atoms with Crippen LogP contribution in [0.3, 0.4) is 0 Å². The van der Waals surface area contributed by atoms with E-state index in [1.165, 1.54) is 24.3 Å². The predicted octanol–water partition coefficient (Wildman–Crippen LogP) is 1.46. The van der Waals surface area contributed by atoms with Crippen molar-refractivity contribution >= 4 is 37.2 Å². The van der Waals surface area contributed by atoms with Crippen molar-refractivity contribution in [2.24, 2.45) is 0 Å². The predicted molar refractivity (Wildman–Crippen MR) is 70.3 cm³/mol. The van der Waals surface area contributed by atoms with Gasteiger partial charge in [0.25, 0.3) is 5.69 Å². The normalized spacial score (nSPS) is 11.0. The highest BCUT2D eigenvalue weighted by atomic mass is 33.1. The molecule has 0 aliphatic rings. The van der Waals surface area contributed by atoms with Crippen molar-refractivity contribution in [1.29, 1.82) is 0 Å². The zero-order chi connectivity index (χ0) is 14.5. The van der Waals surface area contributed by atoms with Crippen LogP contribution in [-0.2, 0) is 13.9 Å². The van der Waals surface area contributed by atoms with Gasteiger partial charge in [-0.2, -0.15) is 8.42 Å². The number of nitrogens with zero attached hydrogens (tertiary/aromatic N) is 1. The molecule has 0 atom stereocenters. The molecule has 1 aromatic rings. The maximum atomic E-state index is 11.4. The number of benzene rings is 1. The van der Waals surface area contributed by atoms with Crippen molar-refractivity contribution in [2.75, 3.05) is 11.1 Å². The van der Waals surface area contributed by atoms with Gasteiger partial charge < -0.3 is 5.32 Å². The van der Waals surface area contributed by atoms with E-state index in [1.54, 1.807) is 0 Å². The summed E-state index contributed by atoms with van der Waals surface area (Å²) in [5.41, 5.74) is 0.271. The van der Waals surface area contributed by atoms with Gasteiger partial charge in [0, 0.05) is 30.0 Å². The van der Waals surface area contributed by atoms with Gasteiger partial charge in [-0.15, -0.1) is 0 Å². The van der Waals surface area contributed by atoms with Gasteiger partial charge in [0.05, 0.1) is 4.92 Å². The summed E-state index contributed by atoms with van der Waals surface area (Å²) in [4.78, 5) is 21.2. The van der Waals surface area contributed by atoms with Gasteiger partial charge in [0.2, 0.25) is 5.91 Å². The fraction of sp³-hybridized carbons (Fsp3) is 0.222. The second kappa shape index (κ2) is 6.50. The van der Waals surface area contributed by atoms with E-state index in [1.807, 2.05) is 0 Å². The Morgan fingerprint density at radius 2 is 1.95 bits per heavy atom. The molecule has 0 aliphatic carbocycles. The second-order valence-corrected chi connectivity index (χ2v) is 6.82. The van der Waals surface area contributed by atoms with Crippen LogP contribution in [0.1, 0.15) is 6.42 Å². The molecule has 1 aromatic carbocycles. The van der Waals surface area contributed by atoms with Crippen LogP contribution in [0.15, 0.2) is 24.3 Å². The van der Waals surface area contributed by atoms with Crippen LogP contribution in [0.5, 0.6) is 0 Å². The summed E-state index contributed by atoms with van der Waals surface area (Å²) >= 11 is 0. The number of nitrogens with one attached hydrogen (secondary N) is 1. The number of non-ortho nitro benzene ring substituents is 1. The highest BCUT2D eigenvalue weighted by molar-refractivity contribution is 8.69. The lowest BCUT2D eigenvalue weighted by atomic mass is 10.3. The summed E-state index contributed by atoms with van der Waals surface area (Å²) in [6, 6.07) is 5.21. The Morgan fingerprint density at radius 1 is 1.37 bits per heavy atom. The van der Waals surface area contributed by atoms with Crippen LogP contribution in [-0.4, -0.2) is 29.6 Å².